The van der Waals surface area contributed by atoms with Gasteiger partial charge in [0, 0.05) is 11.8 Å². The van der Waals surface area contributed by atoms with Crippen molar-refractivity contribution in [2.24, 2.45) is 5.92 Å². The van der Waals surface area contributed by atoms with Crippen LogP contribution in [0.5, 0.6) is 5.75 Å². The van der Waals surface area contributed by atoms with E-state index in [0.29, 0.717) is 5.92 Å². The third kappa shape index (κ3) is 3.69. The maximum Gasteiger partial charge on any atom is 0.331 e. The summed E-state index contributed by atoms with van der Waals surface area (Å²) in [6.07, 6.45) is 4.84. The van der Waals surface area contributed by atoms with Gasteiger partial charge in [0.15, 0.2) is 0 Å². The lowest BCUT2D eigenvalue weighted by Gasteiger charge is -2.32. The molecule has 0 spiro atoms. The zero-order valence-electron chi connectivity index (χ0n) is 13.1. The van der Waals surface area contributed by atoms with E-state index in [4.69, 9.17) is 9.47 Å². The van der Waals surface area contributed by atoms with Crippen molar-refractivity contribution in [1.29, 1.82) is 0 Å². The van der Waals surface area contributed by atoms with E-state index in [1.807, 2.05) is 24.3 Å². The molecule has 0 radical (unpaired) electrons. The van der Waals surface area contributed by atoms with Crippen LogP contribution in [-0.4, -0.2) is 25.7 Å². The minimum atomic E-state index is -0.619. The van der Waals surface area contributed by atoms with E-state index in [1.165, 1.54) is 13.5 Å². The normalized spacial score (nSPS) is 25.8. The zero-order valence-corrected chi connectivity index (χ0v) is 13.1. The number of hydrogen-bond acceptors (Lipinski definition) is 4. The average Bonchev–Trinajstić information content (AvgIpc) is 2.69. The number of rotatable bonds is 4. The van der Waals surface area contributed by atoms with Gasteiger partial charge in [0.1, 0.15) is 11.3 Å². The molecule has 1 aliphatic carbocycles. The van der Waals surface area contributed by atoms with E-state index in [2.05, 4.69) is 12.2 Å². The van der Waals surface area contributed by atoms with Crippen LogP contribution in [0.15, 0.2) is 24.3 Å². The number of esters is 1. The Morgan fingerprint density at radius 1 is 1.29 bits per heavy atom. The maximum atomic E-state index is 12.4. The lowest BCUT2D eigenvalue weighted by molar-refractivity contribution is -0.146. The van der Waals surface area contributed by atoms with Crippen LogP contribution in [0.4, 0.5) is 5.69 Å². The van der Waals surface area contributed by atoms with Crippen LogP contribution in [0.1, 0.15) is 39.0 Å². The topological polar surface area (TPSA) is 47.6 Å². The summed E-state index contributed by atoms with van der Waals surface area (Å²) < 4.78 is 10.3. The number of nitrogens with one attached hydrogen (secondary N) is 1. The quantitative estimate of drug-likeness (QED) is 0.680. The van der Waals surface area contributed by atoms with Crippen LogP contribution in [-0.2, 0) is 9.53 Å². The predicted molar refractivity (Wildman–Crippen MR) is 83.6 cm³/mol. The maximum absolute atomic E-state index is 12.4. The fourth-order valence-electron chi connectivity index (χ4n) is 3.07. The SMILES string of the molecule is COC(=O)C1(Nc2cccc(OC)c2)CCCC(C)CC1. The van der Waals surface area contributed by atoms with Crippen molar-refractivity contribution in [1.82, 2.24) is 0 Å². The first-order valence-corrected chi connectivity index (χ1v) is 7.60. The number of methoxy groups -OCH3 is 2. The first kappa shape index (κ1) is 15.7. The van der Waals surface area contributed by atoms with E-state index >= 15 is 0 Å². The highest BCUT2D eigenvalue weighted by atomic mass is 16.5. The van der Waals surface area contributed by atoms with Crippen molar-refractivity contribution in [3.63, 3.8) is 0 Å². The summed E-state index contributed by atoms with van der Waals surface area (Å²) in [6, 6.07) is 7.69. The molecule has 4 heteroatoms. The minimum absolute atomic E-state index is 0.167. The van der Waals surface area contributed by atoms with Crippen LogP contribution in [0.2, 0.25) is 0 Å². The molecule has 0 bridgehead atoms. The Balaban J connectivity index is 2.25. The second kappa shape index (κ2) is 6.83. The highest BCUT2D eigenvalue weighted by Crippen LogP contribution is 2.34. The standard InChI is InChI=1S/C17H25NO3/c1-13-6-5-10-17(11-9-13,16(19)21-3)18-14-7-4-8-15(12-14)20-2/h4,7-8,12-13,18H,5-6,9-11H2,1-3H3. The van der Waals surface area contributed by atoms with Crippen LogP contribution >= 0.6 is 0 Å². The summed E-state index contributed by atoms with van der Waals surface area (Å²) in [5.41, 5.74) is 0.278. The van der Waals surface area contributed by atoms with Gasteiger partial charge in [0.2, 0.25) is 0 Å². The van der Waals surface area contributed by atoms with Crippen molar-refractivity contribution in [2.45, 2.75) is 44.6 Å². The van der Waals surface area contributed by atoms with Crippen molar-refractivity contribution in [3.05, 3.63) is 24.3 Å². The number of anilines is 1. The molecule has 2 atom stereocenters. The molecule has 0 heterocycles. The Morgan fingerprint density at radius 3 is 2.81 bits per heavy atom. The molecule has 0 aromatic heterocycles. The summed E-state index contributed by atoms with van der Waals surface area (Å²) in [7, 11) is 3.11. The van der Waals surface area contributed by atoms with Gasteiger partial charge in [-0.1, -0.05) is 25.8 Å². The van der Waals surface area contributed by atoms with E-state index in [9.17, 15) is 4.79 Å². The smallest absolute Gasteiger partial charge is 0.331 e. The highest BCUT2D eigenvalue weighted by molar-refractivity contribution is 5.84. The monoisotopic (exact) mass is 291 g/mol. The molecule has 2 rings (SSSR count). The van der Waals surface area contributed by atoms with Gasteiger partial charge in [0.25, 0.3) is 0 Å². The van der Waals surface area contributed by atoms with E-state index in [1.54, 1.807) is 7.11 Å². The Morgan fingerprint density at radius 2 is 2.10 bits per heavy atom. The van der Waals surface area contributed by atoms with E-state index in [0.717, 1.165) is 37.1 Å². The second-order valence-electron chi connectivity index (χ2n) is 5.97. The molecule has 0 aliphatic heterocycles. The number of hydrogen-bond donors (Lipinski definition) is 1. The fraction of sp³-hybridized carbons (Fsp3) is 0.588. The number of benzene rings is 1. The lowest BCUT2D eigenvalue weighted by atomic mass is 9.89. The van der Waals surface area contributed by atoms with Gasteiger partial charge in [-0.05, 0) is 37.3 Å². The van der Waals surface area contributed by atoms with Gasteiger partial charge in [-0.3, -0.25) is 0 Å². The molecular formula is C17H25NO3. The van der Waals surface area contributed by atoms with Crippen molar-refractivity contribution in [3.8, 4) is 5.75 Å². The van der Waals surface area contributed by atoms with E-state index in [-0.39, 0.29) is 5.97 Å². The number of carbonyl (C=O) groups is 1. The van der Waals surface area contributed by atoms with Gasteiger partial charge in [-0.2, -0.15) is 0 Å². The van der Waals surface area contributed by atoms with Crippen LogP contribution in [0, 0.1) is 5.92 Å². The molecule has 1 saturated carbocycles. The summed E-state index contributed by atoms with van der Waals surface area (Å²) >= 11 is 0. The molecule has 1 aliphatic rings. The first-order valence-electron chi connectivity index (χ1n) is 7.60. The Hall–Kier alpha value is -1.71. The molecule has 21 heavy (non-hydrogen) atoms. The molecule has 0 saturated heterocycles. The van der Waals surface area contributed by atoms with Crippen LogP contribution in [0.3, 0.4) is 0 Å². The minimum Gasteiger partial charge on any atom is -0.497 e. The summed E-state index contributed by atoms with van der Waals surface area (Å²) in [4.78, 5) is 12.4. The number of carbonyl (C=O) groups excluding carboxylic acids is 1. The lowest BCUT2D eigenvalue weighted by Crippen LogP contribution is -2.46. The summed E-state index contributed by atoms with van der Waals surface area (Å²) in [5.74, 6) is 1.27. The molecule has 2 unspecified atom stereocenters. The Labute approximate surface area is 126 Å². The van der Waals surface area contributed by atoms with Gasteiger partial charge in [0.05, 0.1) is 14.2 Å². The predicted octanol–water partition coefficient (Wildman–Crippen LogP) is 3.62. The first-order chi connectivity index (χ1) is 10.1. The van der Waals surface area contributed by atoms with Crippen molar-refractivity contribution in [2.75, 3.05) is 19.5 Å². The summed E-state index contributed by atoms with van der Waals surface area (Å²) in [6.45, 7) is 2.25. The molecule has 116 valence electrons. The Bertz CT molecular complexity index is 489. The van der Waals surface area contributed by atoms with Gasteiger partial charge in [-0.25, -0.2) is 4.79 Å². The van der Waals surface area contributed by atoms with E-state index < -0.39 is 5.54 Å². The van der Waals surface area contributed by atoms with Crippen molar-refractivity contribution < 1.29 is 14.3 Å². The third-order valence-corrected chi connectivity index (χ3v) is 4.39. The van der Waals surface area contributed by atoms with Gasteiger partial charge < -0.3 is 14.8 Å². The van der Waals surface area contributed by atoms with Gasteiger partial charge >= 0.3 is 5.97 Å². The molecule has 1 aromatic carbocycles. The largest absolute Gasteiger partial charge is 0.497 e. The van der Waals surface area contributed by atoms with Crippen LogP contribution < -0.4 is 10.1 Å². The zero-order chi connectivity index (χ0) is 15.3. The van der Waals surface area contributed by atoms with Gasteiger partial charge in [-0.15, -0.1) is 0 Å². The molecule has 1 fully saturated rings. The average molecular weight is 291 g/mol. The molecular weight excluding hydrogens is 266 g/mol. The fourth-order valence-corrected chi connectivity index (χ4v) is 3.07. The molecule has 1 N–H and O–H groups in total. The highest BCUT2D eigenvalue weighted by Gasteiger charge is 2.40. The second-order valence-corrected chi connectivity index (χ2v) is 5.97. The van der Waals surface area contributed by atoms with Crippen LogP contribution in [0.25, 0.3) is 0 Å². The number of ether oxygens (including phenoxy) is 2. The van der Waals surface area contributed by atoms with Crippen molar-refractivity contribution >= 4 is 11.7 Å². The molecule has 0 amide bonds. The Kier molecular flexibility index (Phi) is 5.10. The molecule has 1 aromatic rings. The third-order valence-electron chi connectivity index (χ3n) is 4.39. The molecule has 4 nitrogen and oxygen atoms in total. The summed E-state index contributed by atoms with van der Waals surface area (Å²) in [5, 5.41) is 3.43.